The summed E-state index contributed by atoms with van der Waals surface area (Å²) in [6.07, 6.45) is 0. The van der Waals surface area contributed by atoms with Crippen molar-refractivity contribution in [3.8, 4) is 0 Å². The second kappa shape index (κ2) is 9.40. The van der Waals surface area contributed by atoms with Crippen LogP contribution in [0.25, 0.3) is 21.3 Å². The van der Waals surface area contributed by atoms with Gasteiger partial charge in [0.2, 0.25) is 5.91 Å². The van der Waals surface area contributed by atoms with Crippen LogP contribution in [0.4, 0.5) is 18.3 Å². The van der Waals surface area contributed by atoms with Crippen LogP contribution in [-0.2, 0) is 16.1 Å². The van der Waals surface area contributed by atoms with Crippen LogP contribution in [0.15, 0.2) is 29.4 Å². The number of fused-ring (bicyclic) bond motifs is 2. The molecule has 2 heterocycles. The van der Waals surface area contributed by atoms with Gasteiger partial charge in [-0.1, -0.05) is 23.1 Å². The maximum atomic E-state index is 13.9. The maximum Gasteiger partial charge on any atom is 0.338 e. The smallest absolute Gasteiger partial charge is 0.338 e. The number of ether oxygens (including phenoxy) is 1. The number of carbonyl (C=O) groups is 2. The van der Waals surface area contributed by atoms with E-state index in [1.54, 1.807) is 25.1 Å². The number of esters is 1. The minimum absolute atomic E-state index is 0.0302. The number of thioether (sulfide) groups is 1. The van der Waals surface area contributed by atoms with E-state index in [1.165, 1.54) is 11.8 Å². The molecule has 0 aliphatic heterocycles. The fourth-order valence-electron chi connectivity index (χ4n) is 3.18. The lowest BCUT2D eigenvalue weighted by atomic mass is 10.2. The lowest BCUT2D eigenvalue weighted by Gasteiger charge is -2.06. The number of imidazole rings is 1. The lowest BCUT2D eigenvalue weighted by Crippen LogP contribution is -2.14. The fourth-order valence-corrected chi connectivity index (χ4v) is 4.96. The zero-order valence-corrected chi connectivity index (χ0v) is 19.1. The number of amides is 1. The average Bonchev–Trinajstić information content (AvgIpc) is 3.35. The summed E-state index contributed by atoms with van der Waals surface area (Å²) in [5.41, 5.74) is 1.44. The van der Waals surface area contributed by atoms with Crippen molar-refractivity contribution in [3.05, 3.63) is 47.3 Å². The zero-order valence-electron chi connectivity index (χ0n) is 17.4. The summed E-state index contributed by atoms with van der Waals surface area (Å²) >= 11 is 2.01. The molecule has 7 nitrogen and oxygen atoms in total. The molecule has 0 atom stereocenters. The van der Waals surface area contributed by atoms with E-state index in [-0.39, 0.29) is 27.7 Å². The molecule has 2 aromatic heterocycles. The van der Waals surface area contributed by atoms with Crippen molar-refractivity contribution in [1.82, 2.24) is 14.5 Å². The Morgan fingerprint density at radius 1 is 1.15 bits per heavy atom. The van der Waals surface area contributed by atoms with E-state index in [9.17, 15) is 22.8 Å². The molecule has 0 radical (unpaired) electrons. The molecule has 0 aliphatic rings. The van der Waals surface area contributed by atoms with Crippen LogP contribution in [0, 0.1) is 17.5 Å². The summed E-state index contributed by atoms with van der Waals surface area (Å²) in [6.45, 7) is 4.51. The molecule has 12 heteroatoms. The summed E-state index contributed by atoms with van der Waals surface area (Å²) in [4.78, 5) is 32.8. The van der Waals surface area contributed by atoms with Gasteiger partial charge in [-0.25, -0.2) is 27.9 Å². The minimum Gasteiger partial charge on any atom is -0.462 e. The van der Waals surface area contributed by atoms with Crippen LogP contribution in [0.5, 0.6) is 0 Å². The van der Waals surface area contributed by atoms with E-state index in [2.05, 4.69) is 15.3 Å². The number of thiazole rings is 1. The Labute approximate surface area is 194 Å². The van der Waals surface area contributed by atoms with E-state index in [0.29, 0.717) is 22.8 Å². The molecule has 1 amide bonds. The maximum absolute atomic E-state index is 13.9. The highest BCUT2D eigenvalue weighted by Crippen LogP contribution is 2.31. The molecule has 0 unspecified atom stereocenters. The molecule has 0 saturated heterocycles. The van der Waals surface area contributed by atoms with Gasteiger partial charge in [-0.15, -0.1) is 0 Å². The number of halogens is 3. The summed E-state index contributed by atoms with van der Waals surface area (Å²) < 4.78 is 47.7. The van der Waals surface area contributed by atoms with Crippen LogP contribution in [0.1, 0.15) is 24.2 Å². The van der Waals surface area contributed by atoms with Gasteiger partial charge in [-0.05, 0) is 38.1 Å². The zero-order chi connectivity index (χ0) is 23.7. The Kier molecular flexibility index (Phi) is 6.56. The highest BCUT2D eigenvalue weighted by molar-refractivity contribution is 7.99. The average molecular weight is 495 g/mol. The van der Waals surface area contributed by atoms with Crippen LogP contribution in [-0.4, -0.2) is 38.8 Å². The molecule has 0 aliphatic carbocycles. The predicted molar refractivity (Wildman–Crippen MR) is 120 cm³/mol. The first kappa shape index (κ1) is 23.1. The fraction of sp³-hybridized carbons (Fsp3) is 0.238. The molecule has 4 rings (SSSR count). The molecule has 0 spiro atoms. The number of aryl methyl sites for hydroxylation is 1. The molecular weight excluding hydrogens is 477 g/mol. The molecule has 1 N–H and O–H groups in total. The number of aromatic nitrogens is 3. The van der Waals surface area contributed by atoms with Crippen LogP contribution < -0.4 is 5.32 Å². The quantitative estimate of drug-likeness (QED) is 0.221. The van der Waals surface area contributed by atoms with Gasteiger partial charge < -0.3 is 14.6 Å². The van der Waals surface area contributed by atoms with Crippen molar-refractivity contribution < 1.29 is 27.5 Å². The Balaban J connectivity index is 1.49. The van der Waals surface area contributed by atoms with Gasteiger partial charge in [-0.2, -0.15) is 0 Å². The van der Waals surface area contributed by atoms with Gasteiger partial charge in [-0.3, -0.25) is 4.79 Å². The van der Waals surface area contributed by atoms with E-state index < -0.39 is 29.3 Å². The first-order valence-corrected chi connectivity index (χ1v) is 11.7. The normalized spacial score (nSPS) is 11.3. The topological polar surface area (TPSA) is 86.1 Å². The van der Waals surface area contributed by atoms with Crippen molar-refractivity contribution in [2.75, 3.05) is 17.7 Å². The van der Waals surface area contributed by atoms with Crippen molar-refractivity contribution in [3.63, 3.8) is 0 Å². The first-order chi connectivity index (χ1) is 15.8. The van der Waals surface area contributed by atoms with E-state index in [4.69, 9.17) is 4.74 Å². The third-order valence-corrected chi connectivity index (χ3v) is 6.53. The predicted octanol–water partition coefficient (Wildman–Crippen LogP) is 4.99. The Hall–Kier alpha value is -3.12. The minimum atomic E-state index is -1.61. The second-order valence-electron chi connectivity index (χ2n) is 6.75. The van der Waals surface area contributed by atoms with Gasteiger partial charge in [0.1, 0.15) is 5.52 Å². The SMILES string of the molecule is CCOC(=O)c1ccc2c(c1)nc(SCC(=O)Nc1nc3c(F)c(F)c(F)cc3s1)n2CC. The molecule has 2 aromatic carbocycles. The summed E-state index contributed by atoms with van der Waals surface area (Å²) in [7, 11) is 0. The number of benzene rings is 2. The summed E-state index contributed by atoms with van der Waals surface area (Å²) in [6, 6.07) is 5.91. The number of hydrogen-bond acceptors (Lipinski definition) is 7. The van der Waals surface area contributed by atoms with E-state index in [0.717, 1.165) is 22.9 Å². The first-order valence-electron chi connectivity index (χ1n) is 9.86. The third-order valence-electron chi connectivity index (χ3n) is 4.64. The van der Waals surface area contributed by atoms with E-state index in [1.807, 2.05) is 11.5 Å². The van der Waals surface area contributed by atoms with Crippen molar-refractivity contribution in [2.24, 2.45) is 0 Å². The number of rotatable bonds is 7. The molecule has 0 bridgehead atoms. The monoisotopic (exact) mass is 494 g/mol. The van der Waals surface area contributed by atoms with Crippen LogP contribution in [0.2, 0.25) is 0 Å². The molecule has 0 saturated carbocycles. The lowest BCUT2D eigenvalue weighted by molar-refractivity contribution is -0.113. The Bertz CT molecular complexity index is 1390. The molecule has 4 aromatic rings. The van der Waals surface area contributed by atoms with Crippen molar-refractivity contribution >= 4 is 61.4 Å². The summed E-state index contributed by atoms with van der Waals surface area (Å²) in [5.74, 6) is -5.23. The van der Waals surface area contributed by atoms with Gasteiger partial charge in [0.25, 0.3) is 0 Å². The molecule has 33 heavy (non-hydrogen) atoms. The van der Waals surface area contributed by atoms with Crippen molar-refractivity contribution in [1.29, 1.82) is 0 Å². The van der Waals surface area contributed by atoms with Crippen molar-refractivity contribution in [2.45, 2.75) is 25.5 Å². The molecular formula is C21H17F3N4O3S2. The number of nitrogens with zero attached hydrogens (tertiary/aromatic N) is 3. The van der Waals surface area contributed by atoms with Gasteiger partial charge in [0, 0.05) is 6.54 Å². The summed E-state index contributed by atoms with van der Waals surface area (Å²) in [5, 5.41) is 3.12. The van der Waals surface area contributed by atoms with Crippen LogP contribution >= 0.6 is 23.1 Å². The standard InChI is InChI=1S/C21H17F3N4O3S2/c1-3-28-13-6-5-10(19(30)31-4-2)7-12(13)25-21(28)32-9-15(29)26-20-27-18-14(33-20)8-11(22)16(23)17(18)24/h5-8H,3-4,9H2,1-2H3,(H,26,27,29). The highest BCUT2D eigenvalue weighted by atomic mass is 32.2. The Morgan fingerprint density at radius 3 is 2.67 bits per heavy atom. The Morgan fingerprint density at radius 2 is 1.94 bits per heavy atom. The largest absolute Gasteiger partial charge is 0.462 e. The molecule has 172 valence electrons. The highest BCUT2D eigenvalue weighted by Gasteiger charge is 2.19. The van der Waals surface area contributed by atoms with Gasteiger partial charge in [0.15, 0.2) is 27.7 Å². The van der Waals surface area contributed by atoms with Crippen LogP contribution in [0.3, 0.4) is 0 Å². The third kappa shape index (κ3) is 4.53. The number of carbonyl (C=O) groups excluding carboxylic acids is 2. The van der Waals surface area contributed by atoms with E-state index >= 15 is 0 Å². The van der Waals surface area contributed by atoms with Gasteiger partial charge >= 0.3 is 5.97 Å². The number of hydrogen-bond donors (Lipinski definition) is 1. The second-order valence-corrected chi connectivity index (χ2v) is 8.72. The molecule has 0 fully saturated rings. The van der Waals surface area contributed by atoms with Gasteiger partial charge in [0.05, 0.1) is 33.7 Å². The number of anilines is 1. The number of nitrogens with one attached hydrogen (secondary N) is 1.